The number of carbonyl (C=O) groups excluding carboxylic acids is 1. The van der Waals surface area contributed by atoms with Crippen molar-refractivity contribution in [2.24, 2.45) is 0 Å². The summed E-state index contributed by atoms with van der Waals surface area (Å²) in [5, 5.41) is 8.30. The first-order valence-electron chi connectivity index (χ1n) is 8.82. The van der Waals surface area contributed by atoms with E-state index >= 15 is 0 Å². The Balaban J connectivity index is 1.63. The molecular formula is C20H21N3O5S2. The Kier molecular flexibility index (Phi) is 6.58. The van der Waals surface area contributed by atoms with Crippen LogP contribution in [0.15, 0.2) is 52.7 Å². The molecule has 10 heteroatoms. The summed E-state index contributed by atoms with van der Waals surface area (Å²) < 4.78 is 33.5. The lowest BCUT2D eigenvalue weighted by molar-refractivity contribution is -0.115. The first kappa shape index (κ1) is 21.6. The molecule has 0 aliphatic rings. The number of benzene rings is 2. The fraction of sp³-hybridized carbons (Fsp3) is 0.200. The van der Waals surface area contributed by atoms with Gasteiger partial charge in [-0.3, -0.25) is 4.79 Å². The minimum atomic E-state index is -3.24. The van der Waals surface area contributed by atoms with Gasteiger partial charge in [-0.1, -0.05) is 0 Å². The second kappa shape index (κ2) is 9.14. The molecule has 0 spiro atoms. The minimum absolute atomic E-state index is 0.0888. The number of aromatic nitrogens is 1. The number of rotatable bonds is 8. The molecule has 0 aliphatic carbocycles. The molecule has 2 aromatic carbocycles. The molecule has 1 amide bonds. The van der Waals surface area contributed by atoms with E-state index in [0.29, 0.717) is 33.7 Å². The third kappa shape index (κ3) is 5.49. The van der Waals surface area contributed by atoms with Crippen molar-refractivity contribution >= 4 is 43.6 Å². The van der Waals surface area contributed by atoms with Gasteiger partial charge < -0.3 is 20.1 Å². The van der Waals surface area contributed by atoms with Gasteiger partial charge in [0.15, 0.2) is 15.0 Å². The van der Waals surface area contributed by atoms with Crippen LogP contribution in [-0.2, 0) is 21.1 Å². The van der Waals surface area contributed by atoms with E-state index in [1.54, 1.807) is 42.8 Å². The van der Waals surface area contributed by atoms with E-state index < -0.39 is 9.84 Å². The highest BCUT2D eigenvalue weighted by atomic mass is 32.2. The third-order valence-corrected chi connectivity index (χ3v) is 6.04. The number of sulfone groups is 1. The lowest BCUT2D eigenvalue weighted by Gasteiger charge is -2.11. The number of anilines is 3. The van der Waals surface area contributed by atoms with Crippen LogP contribution in [0.2, 0.25) is 0 Å². The van der Waals surface area contributed by atoms with Gasteiger partial charge in [-0.25, -0.2) is 13.4 Å². The SMILES string of the molecule is COc1ccc(OC)c(NC(=O)Cc2csc(Nc3ccc(S(C)(=O)=O)cc3)n2)c1. The second-order valence-electron chi connectivity index (χ2n) is 6.36. The zero-order valence-electron chi connectivity index (χ0n) is 16.6. The number of hydrogen-bond donors (Lipinski definition) is 2. The van der Waals surface area contributed by atoms with Gasteiger partial charge in [0.2, 0.25) is 5.91 Å². The molecule has 1 aromatic heterocycles. The Morgan fingerprint density at radius 1 is 1.10 bits per heavy atom. The van der Waals surface area contributed by atoms with Crippen molar-refractivity contribution in [3.63, 3.8) is 0 Å². The van der Waals surface area contributed by atoms with Crippen molar-refractivity contribution in [3.8, 4) is 11.5 Å². The minimum Gasteiger partial charge on any atom is -0.497 e. The molecule has 3 rings (SSSR count). The summed E-state index contributed by atoms with van der Waals surface area (Å²) >= 11 is 1.35. The van der Waals surface area contributed by atoms with Gasteiger partial charge in [0.1, 0.15) is 11.5 Å². The van der Waals surface area contributed by atoms with Crippen LogP contribution in [0, 0.1) is 0 Å². The van der Waals surface area contributed by atoms with Crippen molar-refractivity contribution < 1.29 is 22.7 Å². The Labute approximate surface area is 178 Å². The van der Waals surface area contributed by atoms with Gasteiger partial charge in [0, 0.05) is 23.4 Å². The Hall–Kier alpha value is -3.11. The van der Waals surface area contributed by atoms with Crippen molar-refractivity contribution in [1.82, 2.24) is 4.98 Å². The van der Waals surface area contributed by atoms with Gasteiger partial charge >= 0.3 is 0 Å². The highest BCUT2D eigenvalue weighted by Crippen LogP contribution is 2.29. The van der Waals surface area contributed by atoms with Crippen molar-refractivity contribution in [3.05, 3.63) is 53.5 Å². The Morgan fingerprint density at radius 3 is 2.47 bits per heavy atom. The van der Waals surface area contributed by atoms with E-state index in [2.05, 4.69) is 15.6 Å². The van der Waals surface area contributed by atoms with E-state index in [9.17, 15) is 13.2 Å². The molecule has 0 aliphatic heterocycles. The molecule has 0 atom stereocenters. The molecule has 0 bridgehead atoms. The normalized spacial score (nSPS) is 11.0. The fourth-order valence-corrected chi connectivity index (χ4v) is 3.99. The number of methoxy groups -OCH3 is 2. The molecule has 2 N–H and O–H groups in total. The van der Waals surface area contributed by atoms with Crippen molar-refractivity contribution in [2.75, 3.05) is 31.1 Å². The maximum Gasteiger partial charge on any atom is 0.230 e. The molecule has 30 heavy (non-hydrogen) atoms. The monoisotopic (exact) mass is 447 g/mol. The molecule has 8 nitrogen and oxygen atoms in total. The third-order valence-electron chi connectivity index (χ3n) is 4.11. The second-order valence-corrected chi connectivity index (χ2v) is 9.23. The number of ether oxygens (including phenoxy) is 2. The maximum atomic E-state index is 12.4. The van der Waals surface area contributed by atoms with Crippen LogP contribution in [0.4, 0.5) is 16.5 Å². The summed E-state index contributed by atoms with van der Waals surface area (Å²) in [6.07, 6.45) is 1.25. The molecule has 0 radical (unpaired) electrons. The Morgan fingerprint density at radius 2 is 1.83 bits per heavy atom. The molecule has 0 fully saturated rings. The lowest BCUT2D eigenvalue weighted by Crippen LogP contribution is -2.15. The summed E-state index contributed by atoms with van der Waals surface area (Å²) in [4.78, 5) is 17.1. The average Bonchev–Trinajstić information content (AvgIpc) is 3.14. The lowest BCUT2D eigenvalue weighted by atomic mass is 10.2. The van der Waals surface area contributed by atoms with Crippen LogP contribution < -0.4 is 20.1 Å². The molecule has 0 saturated carbocycles. The molecule has 0 saturated heterocycles. The number of nitrogens with one attached hydrogen (secondary N) is 2. The Bertz CT molecular complexity index is 1140. The zero-order chi connectivity index (χ0) is 21.7. The average molecular weight is 448 g/mol. The number of carbonyl (C=O) groups is 1. The number of thiazole rings is 1. The maximum absolute atomic E-state index is 12.4. The smallest absolute Gasteiger partial charge is 0.230 e. The predicted molar refractivity (Wildman–Crippen MR) is 117 cm³/mol. The van der Waals surface area contributed by atoms with E-state index in [1.807, 2.05) is 0 Å². The number of hydrogen-bond acceptors (Lipinski definition) is 8. The van der Waals surface area contributed by atoms with Gasteiger partial charge in [-0.15, -0.1) is 11.3 Å². The highest BCUT2D eigenvalue weighted by Gasteiger charge is 2.12. The van der Waals surface area contributed by atoms with Crippen LogP contribution in [0.3, 0.4) is 0 Å². The van der Waals surface area contributed by atoms with Crippen LogP contribution in [0.25, 0.3) is 0 Å². The zero-order valence-corrected chi connectivity index (χ0v) is 18.3. The summed E-state index contributed by atoms with van der Waals surface area (Å²) in [5.74, 6) is 0.895. The van der Waals surface area contributed by atoms with Gasteiger partial charge in [0.05, 0.1) is 36.9 Å². The van der Waals surface area contributed by atoms with Crippen LogP contribution in [0.5, 0.6) is 11.5 Å². The van der Waals surface area contributed by atoms with Gasteiger partial charge in [-0.05, 0) is 36.4 Å². The predicted octanol–water partition coefficient (Wildman–Crippen LogP) is 3.49. The van der Waals surface area contributed by atoms with Crippen molar-refractivity contribution in [1.29, 1.82) is 0 Å². The van der Waals surface area contributed by atoms with E-state index in [1.165, 1.54) is 30.6 Å². The van der Waals surface area contributed by atoms with Gasteiger partial charge in [-0.2, -0.15) is 0 Å². The molecule has 158 valence electrons. The van der Waals surface area contributed by atoms with Crippen LogP contribution in [-0.4, -0.2) is 39.8 Å². The molecule has 0 unspecified atom stereocenters. The largest absolute Gasteiger partial charge is 0.497 e. The standard InChI is InChI=1S/C20H21N3O5S2/c1-27-15-6-9-18(28-2)17(11-15)23-19(24)10-14-12-29-20(22-14)21-13-4-7-16(8-5-13)30(3,25)26/h4-9,11-12H,10H2,1-3H3,(H,21,22)(H,23,24). The first-order valence-corrected chi connectivity index (χ1v) is 11.6. The quantitative estimate of drug-likeness (QED) is 0.544. The number of amides is 1. The molecular weight excluding hydrogens is 426 g/mol. The van der Waals surface area contributed by atoms with Crippen molar-refractivity contribution in [2.45, 2.75) is 11.3 Å². The molecule has 1 heterocycles. The summed E-state index contributed by atoms with van der Waals surface area (Å²) in [6.45, 7) is 0. The summed E-state index contributed by atoms with van der Waals surface area (Å²) in [7, 11) is -0.166. The topological polar surface area (TPSA) is 107 Å². The summed E-state index contributed by atoms with van der Waals surface area (Å²) in [5.41, 5.74) is 1.82. The first-order chi connectivity index (χ1) is 14.3. The molecule has 3 aromatic rings. The van der Waals surface area contributed by atoms with Crippen LogP contribution in [0.1, 0.15) is 5.69 Å². The fourth-order valence-electron chi connectivity index (χ4n) is 2.63. The van der Waals surface area contributed by atoms with E-state index in [4.69, 9.17) is 9.47 Å². The van der Waals surface area contributed by atoms with E-state index in [-0.39, 0.29) is 17.2 Å². The van der Waals surface area contributed by atoms with Crippen LogP contribution >= 0.6 is 11.3 Å². The highest BCUT2D eigenvalue weighted by molar-refractivity contribution is 7.90. The summed E-state index contributed by atoms with van der Waals surface area (Å²) in [6, 6.07) is 11.5. The van der Waals surface area contributed by atoms with Gasteiger partial charge in [0.25, 0.3) is 0 Å². The number of nitrogens with zero attached hydrogens (tertiary/aromatic N) is 1. The van der Waals surface area contributed by atoms with E-state index in [0.717, 1.165) is 6.26 Å².